The molecule has 0 spiro atoms. The summed E-state index contributed by atoms with van der Waals surface area (Å²) in [5.74, 6) is -0.536. The van der Waals surface area contributed by atoms with Gasteiger partial charge in [0.25, 0.3) is 0 Å². The number of carbonyl (C=O) groups is 1. The molecule has 0 aliphatic carbocycles. The van der Waals surface area contributed by atoms with E-state index in [1.54, 1.807) is 13.0 Å². The van der Waals surface area contributed by atoms with Crippen molar-refractivity contribution in [1.82, 2.24) is 4.98 Å². The molecule has 18 heavy (non-hydrogen) atoms. The van der Waals surface area contributed by atoms with Gasteiger partial charge in [0.2, 0.25) is 0 Å². The number of carboxylic acids is 1. The number of ether oxygens (including phenoxy) is 1. The molecule has 0 atom stereocenters. The molecule has 0 bridgehead atoms. The number of benzene rings is 1. The van der Waals surface area contributed by atoms with Crippen LogP contribution in [-0.4, -0.2) is 16.1 Å². The third-order valence-corrected chi connectivity index (χ3v) is 2.32. The first-order valence-corrected chi connectivity index (χ1v) is 5.19. The molecule has 2 aromatic rings. The number of rotatable bonds is 3. The first-order chi connectivity index (χ1) is 8.56. The van der Waals surface area contributed by atoms with Gasteiger partial charge in [-0.25, -0.2) is 14.2 Å². The van der Waals surface area contributed by atoms with Crippen LogP contribution in [0.5, 0.6) is 11.5 Å². The first kappa shape index (κ1) is 12.0. The van der Waals surface area contributed by atoms with Crippen LogP contribution in [0.1, 0.15) is 16.1 Å². The lowest BCUT2D eigenvalue weighted by Gasteiger charge is -2.06. The third-order valence-electron chi connectivity index (χ3n) is 2.32. The summed E-state index contributed by atoms with van der Waals surface area (Å²) in [4.78, 5) is 14.3. The van der Waals surface area contributed by atoms with E-state index in [2.05, 4.69) is 4.98 Å². The Morgan fingerprint density at radius 2 is 2.00 bits per heavy atom. The van der Waals surface area contributed by atoms with Crippen molar-refractivity contribution in [3.63, 3.8) is 0 Å². The number of hydrogen-bond acceptors (Lipinski definition) is 3. The summed E-state index contributed by atoms with van der Waals surface area (Å²) >= 11 is 0. The second-order valence-corrected chi connectivity index (χ2v) is 3.70. The maximum atomic E-state index is 13.0. The maximum Gasteiger partial charge on any atom is 0.354 e. The lowest BCUT2D eigenvalue weighted by Crippen LogP contribution is -1.99. The molecule has 0 saturated heterocycles. The van der Waals surface area contributed by atoms with Crippen LogP contribution < -0.4 is 4.74 Å². The predicted molar refractivity (Wildman–Crippen MR) is 62.4 cm³/mol. The Morgan fingerprint density at radius 3 is 2.56 bits per heavy atom. The van der Waals surface area contributed by atoms with Crippen molar-refractivity contribution in [3.05, 3.63) is 53.6 Å². The lowest BCUT2D eigenvalue weighted by atomic mass is 10.2. The minimum atomic E-state index is -1.10. The molecule has 1 N–H and O–H groups in total. The monoisotopic (exact) mass is 247 g/mol. The smallest absolute Gasteiger partial charge is 0.354 e. The standard InChI is InChI=1S/C13H10FNO3/c1-8-6-9(2-4-11(8)14)18-10-3-5-12(13(16)17)15-7-10/h2-7H,1H3,(H,16,17). The van der Waals surface area contributed by atoms with Crippen LogP contribution in [0.25, 0.3) is 0 Å². The molecule has 5 heteroatoms. The van der Waals surface area contributed by atoms with Gasteiger partial charge < -0.3 is 9.84 Å². The molecule has 1 heterocycles. The van der Waals surface area contributed by atoms with Crippen LogP contribution in [0.15, 0.2) is 36.5 Å². The van der Waals surface area contributed by atoms with Gasteiger partial charge in [0.05, 0.1) is 6.20 Å². The van der Waals surface area contributed by atoms with Crippen LogP contribution in [0.3, 0.4) is 0 Å². The normalized spacial score (nSPS) is 10.1. The van der Waals surface area contributed by atoms with Gasteiger partial charge in [0.1, 0.15) is 23.0 Å². The fourth-order valence-corrected chi connectivity index (χ4v) is 1.38. The van der Waals surface area contributed by atoms with Crippen LogP contribution in [-0.2, 0) is 0 Å². The van der Waals surface area contributed by atoms with E-state index in [0.717, 1.165) is 0 Å². The van der Waals surface area contributed by atoms with Gasteiger partial charge in [-0.1, -0.05) is 0 Å². The number of halogens is 1. The number of pyridine rings is 1. The van der Waals surface area contributed by atoms with Crippen molar-refractivity contribution in [3.8, 4) is 11.5 Å². The van der Waals surface area contributed by atoms with Gasteiger partial charge >= 0.3 is 5.97 Å². The second kappa shape index (κ2) is 4.83. The molecule has 0 saturated carbocycles. The van der Waals surface area contributed by atoms with Gasteiger partial charge in [-0.2, -0.15) is 0 Å². The summed E-state index contributed by atoms with van der Waals surface area (Å²) in [5, 5.41) is 8.69. The molecule has 92 valence electrons. The highest BCUT2D eigenvalue weighted by atomic mass is 19.1. The largest absolute Gasteiger partial charge is 0.477 e. The Labute approximate surface area is 103 Å². The molecule has 0 aliphatic heterocycles. The summed E-state index contributed by atoms with van der Waals surface area (Å²) in [6, 6.07) is 7.20. The van der Waals surface area contributed by atoms with Crippen molar-refractivity contribution in [1.29, 1.82) is 0 Å². The van der Waals surface area contributed by atoms with E-state index < -0.39 is 5.97 Å². The molecule has 1 aromatic carbocycles. The number of nitrogens with zero attached hydrogens (tertiary/aromatic N) is 1. The lowest BCUT2D eigenvalue weighted by molar-refractivity contribution is 0.0690. The molecule has 2 rings (SSSR count). The van der Waals surface area contributed by atoms with Gasteiger partial charge in [-0.3, -0.25) is 0 Å². The Kier molecular flexibility index (Phi) is 3.23. The highest BCUT2D eigenvalue weighted by Gasteiger charge is 2.05. The number of hydrogen-bond donors (Lipinski definition) is 1. The minimum absolute atomic E-state index is 0.0577. The summed E-state index contributed by atoms with van der Waals surface area (Å²) in [6.45, 7) is 1.63. The minimum Gasteiger partial charge on any atom is -0.477 e. The van der Waals surface area contributed by atoms with Crippen molar-refractivity contribution in [2.75, 3.05) is 0 Å². The number of aromatic nitrogens is 1. The number of aryl methyl sites for hydroxylation is 1. The molecular formula is C13H10FNO3. The summed E-state index contributed by atoms with van der Waals surface area (Å²) in [5.41, 5.74) is 0.417. The average Bonchev–Trinajstić information content (AvgIpc) is 2.34. The van der Waals surface area contributed by atoms with Gasteiger partial charge in [0.15, 0.2) is 0 Å². The van der Waals surface area contributed by atoms with Crippen molar-refractivity contribution < 1.29 is 19.0 Å². The molecule has 0 aliphatic rings. The van der Waals surface area contributed by atoms with Crippen molar-refractivity contribution in [2.24, 2.45) is 0 Å². The average molecular weight is 247 g/mol. The predicted octanol–water partition coefficient (Wildman–Crippen LogP) is 3.02. The quantitative estimate of drug-likeness (QED) is 0.905. The summed E-state index contributed by atoms with van der Waals surface area (Å²) in [7, 11) is 0. The second-order valence-electron chi connectivity index (χ2n) is 3.70. The topological polar surface area (TPSA) is 59.4 Å². The van der Waals surface area contributed by atoms with E-state index in [1.165, 1.54) is 30.5 Å². The zero-order chi connectivity index (χ0) is 13.1. The molecular weight excluding hydrogens is 237 g/mol. The fourth-order valence-electron chi connectivity index (χ4n) is 1.38. The third kappa shape index (κ3) is 2.63. The van der Waals surface area contributed by atoms with Crippen LogP contribution in [0.2, 0.25) is 0 Å². The van der Waals surface area contributed by atoms with E-state index in [0.29, 0.717) is 17.1 Å². The molecule has 4 nitrogen and oxygen atoms in total. The Hall–Kier alpha value is -2.43. The maximum absolute atomic E-state index is 13.0. The van der Waals surface area contributed by atoms with Crippen LogP contribution in [0, 0.1) is 12.7 Å². The zero-order valence-corrected chi connectivity index (χ0v) is 9.55. The summed E-state index contributed by atoms with van der Waals surface area (Å²) < 4.78 is 18.5. The molecule has 1 aromatic heterocycles. The fraction of sp³-hybridized carbons (Fsp3) is 0.0769. The first-order valence-electron chi connectivity index (χ1n) is 5.19. The highest BCUT2D eigenvalue weighted by Crippen LogP contribution is 2.22. The van der Waals surface area contributed by atoms with E-state index in [-0.39, 0.29) is 11.5 Å². The SMILES string of the molecule is Cc1cc(Oc2ccc(C(=O)O)nc2)ccc1F. The van der Waals surface area contributed by atoms with Crippen molar-refractivity contribution >= 4 is 5.97 Å². The summed E-state index contributed by atoms with van der Waals surface area (Å²) in [6.07, 6.45) is 1.31. The van der Waals surface area contributed by atoms with Crippen LogP contribution in [0.4, 0.5) is 4.39 Å². The van der Waals surface area contributed by atoms with Gasteiger partial charge in [-0.15, -0.1) is 0 Å². The van der Waals surface area contributed by atoms with Crippen molar-refractivity contribution in [2.45, 2.75) is 6.92 Å². The zero-order valence-electron chi connectivity index (χ0n) is 9.55. The molecule has 0 amide bonds. The van der Waals surface area contributed by atoms with E-state index in [4.69, 9.17) is 9.84 Å². The Morgan fingerprint density at radius 1 is 1.28 bits per heavy atom. The molecule has 0 fully saturated rings. The Bertz CT molecular complexity index is 581. The van der Waals surface area contributed by atoms with Gasteiger partial charge in [-0.05, 0) is 42.8 Å². The van der Waals surface area contributed by atoms with E-state index >= 15 is 0 Å². The Balaban J connectivity index is 2.18. The highest BCUT2D eigenvalue weighted by molar-refractivity contribution is 5.85. The van der Waals surface area contributed by atoms with E-state index in [1.807, 2.05) is 0 Å². The number of aromatic carboxylic acids is 1. The van der Waals surface area contributed by atoms with E-state index in [9.17, 15) is 9.18 Å². The van der Waals surface area contributed by atoms with Crippen LogP contribution >= 0.6 is 0 Å². The van der Waals surface area contributed by atoms with Gasteiger partial charge in [0, 0.05) is 0 Å². The molecule has 0 radical (unpaired) electrons. The number of carboxylic acid groups (broad SMARTS) is 1. The molecule has 0 unspecified atom stereocenters.